The number of benzene rings is 2. The lowest BCUT2D eigenvalue weighted by Gasteiger charge is -2.22. The number of aromatic nitrogens is 4. The Bertz CT molecular complexity index is 1680. The van der Waals surface area contributed by atoms with Crippen molar-refractivity contribution in [3.63, 3.8) is 0 Å². The molecule has 1 atom stereocenters. The van der Waals surface area contributed by atoms with Gasteiger partial charge in [0.1, 0.15) is 17.6 Å². The molecule has 0 bridgehead atoms. The van der Waals surface area contributed by atoms with Gasteiger partial charge in [0.25, 0.3) is 0 Å². The topological polar surface area (TPSA) is 100 Å². The number of thiophene rings is 1. The number of nitrogens with one attached hydrogen (secondary N) is 1. The number of carbonyl (C=O) groups is 1. The zero-order valence-electron chi connectivity index (χ0n) is 23.9. The van der Waals surface area contributed by atoms with E-state index in [4.69, 9.17) is 24.2 Å². The van der Waals surface area contributed by atoms with Crippen LogP contribution in [-0.2, 0) is 14.3 Å². The van der Waals surface area contributed by atoms with Gasteiger partial charge in [-0.2, -0.15) is 5.10 Å². The van der Waals surface area contributed by atoms with Gasteiger partial charge in [-0.05, 0) is 81.3 Å². The summed E-state index contributed by atoms with van der Waals surface area (Å²) < 4.78 is 19.8. The SMILES string of the molecule is CC(C)(C)OC(=O)COc1cccc(-c2nc(Nc3ccc(-c4cnn(C5CCCCO5)c4)cc3)c3sccc3n2)c1. The second-order valence-corrected chi connectivity index (χ2v) is 12.1. The number of nitrogens with zero attached hydrogens (tertiary/aromatic N) is 4. The molecule has 1 fully saturated rings. The fraction of sp³-hybridized carbons (Fsp3) is 0.312. The van der Waals surface area contributed by atoms with Crippen molar-refractivity contribution >= 4 is 39.0 Å². The average molecular weight is 584 g/mol. The standard InChI is InChI=1S/C32H33N5O4S/c1-32(2,3)41-28(38)20-40-25-8-6-7-22(17-25)30-35-26-14-16-42-29(26)31(36-30)34-24-12-10-21(11-13-24)23-18-33-37(19-23)27-9-4-5-15-39-27/h6-8,10-14,16-19,27H,4-5,9,15,20H2,1-3H3,(H,34,35,36). The molecule has 4 heterocycles. The zero-order valence-corrected chi connectivity index (χ0v) is 24.7. The zero-order chi connectivity index (χ0) is 29.1. The summed E-state index contributed by atoms with van der Waals surface area (Å²) in [6, 6.07) is 17.6. The largest absolute Gasteiger partial charge is 0.482 e. The van der Waals surface area contributed by atoms with Gasteiger partial charge >= 0.3 is 5.97 Å². The van der Waals surface area contributed by atoms with E-state index in [1.807, 2.05) is 73.4 Å². The quantitative estimate of drug-likeness (QED) is 0.189. The van der Waals surface area contributed by atoms with Gasteiger partial charge in [0.15, 0.2) is 18.2 Å². The van der Waals surface area contributed by atoms with Crippen LogP contribution in [0.5, 0.6) is 5.75 Å². The summed E-state index contributed by atoms with van der Waals surface area (Å²) in [5.41, 5.74) is 4.10. The van der Waals surface area contributed by atoms with E-state index >= 15 is 0 Å². The molecule has 0 amide bonds. The van der Waals surface area contributed by atoms with Crippen LogP contribution in [0.4, 0.5) is 11.5 Å². The molecule has 0 radical (unpaired) electrons. The molecule has 2 aromatic carbocycles. The van der Waals surface area contributed by atoms with Crippen molar-refractivity contribution in [3.8, 4) is 28.3 Å². The number of ether oxygens (including phenoxy) is 3. The molecule has 1 N–H and O–H groups in total. The first-order chi connectivity index (χ1) is 20.3. The van der Waals surface area contributed by atoms with Crippen LogP contribution < -0.4 is 10.1 Å². The number of anilines is 2. The van der Waals surface area contributed by atoms with E-state index in [-0.39, 0.29) is 12.8 Å². The molecule has 1 unspecified atom stereocenters. The first kappa shape index (κ1) is 27.9. The highest BCUT2D eigenvalue weighted by molar-refractivity contribution is 7.17. The third kappa shape index (κ3) is 6.61. The van der Waals surface area contributed by atoms with Gasteiger partial charge in [-0.15, -0.1) is 11.3 Å². The summed E-state index contributed by atoms with van der Waals surface area (Å²) in [7, 11) is 0. The first-order valence-electron chi connectivity index (χ1n) is 14.0. The van der Waals surface area contributed by atoms with Crippen molar-refractivity contribution < 1.29 is 19.0 Å². The number of fused-ring (bicyclic) bond motifs is 1. The van der Waals surface area contributed by atoms with Gasteiger partial charge in [-0.3, -0.25) is 0 Å². The first-order valence-corrected chi connectivity index (χ1v) is 14.9. The van der Waals surface area contributed by atoms with Crippen LogP contribution in [0.3, 0.4) is 0 Å². The summed E-state index contributed by atoms with van der Waals surface area (Å²) in [5, 5.41) is 10.0. The summed E-state index contributed by atoms with van der Waals surface area (Å²) in [4.78, 5) is 21.8. The van der Waals surface area contributed by atoms with Gasteiger partial charge in [-0.25, -0.2) is 19.4 Å². The van der Waals surface area contributed by atoms with E-state index < -0.39 is 11.6 Å². The summed E-state index contributed by atoms with van der Waals surface area (Å²) in [6.45, 7) is 6.09. The lowest BCUT2D eigenvalue weighted by atomic mass is 10.1. The maximum absolute atomic E-state index is 12.1. The van der Waals surface area contributed by atoms with Gasteiger partial charge in [0, 0.05) is 29.6 Å². The molecule has 5 aromatic rings. The molecule has 1 aliphatic heterocycles. The van der Waals surface area contributed by atoms with Crippen LogP contribution >= 0.6 is 11.3 Å². The Labute approximate surface area is 248 Å². The van der Waals surface area contributed by atoms with E-state index in [2.05, 4.69) is 28.7 Å². The molecule has 6 rings (SSSR count). The second-order valence-electron chi connectivity index (χ2n) is 11.2. The summed E-state index contributed by atoms with van der Waals surface area (Å²) in [5.74, 6) is 1.39. The van der Waals surface area contributed by atoms with Crippen molar-refractivity contribution in [1.29, 1.82) is 0 Å². The summed E-state index contributed by atoms with van der Waals surface area (Å²) >= 11 is 1.59. The van der Waals surface area contributed by atoms with Crippen LogP contribution in [0, 0.1) is 0 Å². The lowest BCUT2D eigenvalue weighted by Crippen LogP contribution is -2.27. The molecule has 216 valence electrons. The van der Waals surface area contributed by atoms with E-state index in [1.54, 1.807) is 17.4 Å². The molecular formula is C32H33N5O4S. The van der Waals surface area contributed by atoms with Gasteiger partial charge in [0.2, 0.25) is 0 Å². The normalized spacial score (nSPS) is 15.5. The molecule has 1 saturated heterocycles. The van der Waals surface area contributed by atoms with Crippen molar-refractivity contribution in [3.05, 3.63) is 72.4 Å². The smallest absolute Gasteiger partial charge is 0.344 e. The van der Waals surface area contributed by atoms with Gasteiger partial charge in [-0.1, -0.05) is 24.3 Å². The fourth-order valence-electron chi connectivity index (χ4n) is 4.78. The predicted octanol–water partition coefficient (Wildman–Crippen LogP) is 7.39. The minimum atomic E-state index is -0.566. The van der Waals surface area contributed by atoms with Gasteiger partial charge in [0.05, 0.1) is 16.4 Å². The van der Waals surface area contributed by atoms with E-state index in [9.17, 15) is 4.79 Å². The number of carbonyl (C=O) groups excluding carboxylic acids is 1. The Morgan fingerprint density at radius 3 is 2.71 bits per heavy atom. The van der Waals surface area contributed by atoms with Crippen LogP contribution in [0.1, 0.15) is 46.3 Å². The molecule has 10 heteroatoms. The maximum atomic E-state index is 12.1. The molecule has 3 aromatic heterocycles. The fourth-order valence-corrected chi connectivity index (χ4v) is 5.55. The molecule has 0 spiro atoms. The molecule has 9 nitrogen and oxygen atoms in total. The average Bonchev–Trinajstić information content (AvgIpc) is 3.67. The molecule has 0 saturated carbocycles. The minimum absolute atomic E-state index is 0.0193. The number of hydrogen-bond donors (Lipinski definition) is 1. The van der Waals surface area contributed by atoms with Crippen LogP contribution in [0.2, 0.25) is 0 Å². The molecular weight excluding hydrogens is 550 g/mol. The van der Waals surface area contributed by atoms with Crippen LogP contribution in [0.25, 0.3) is 32.7 Å². The van der Waals surface area contributed by atoms with E-state index in [1.165, 1.54) is 0 Å². The Morgan fingerprint density at radius 1 is 1.07 bits per heavy atom. The Morgan fingerprint density at radius 2 is 1.93 bits per heavy atom. The second kappa shape index (κ2) is 11.9. The lowest BCUT2D eigenvalue weighted by molar-refractivity contribution is -0.157. The van der Waals surface area contributed by atoms with Crippen LogP contribution in [-0.4, -0.2) is 44.5 Å². The monoisotopic (exact) mass is 583 g/mol. The highest BCUT2D eigenvalue weighted by atomic mass is 32.1. The predicted molar refractivity (Wildman–Crippen MR) is 164 cm³/mol. The highest BCUT2D eigenvalue weighted by Gasteiger charge is 2.18. The molecule has 0 aliphatic carbocycles. The van der Waals surface area contributed by atoms with E-state index in [0.717, 1.165) is 64.3 Å². The molecule has 1 aliphatic rings. The van der Waals surface area contributed by atoms with Crippen molar-refractivity contribution in [2.24, 2.45) is 0 Å². The van der Waals surface area contributed by atoms with E-state index in [0.29, 0.717) is 11.6 Å². The van der Waals surface area contributed by atoms with Crippen molar-refractivity contribution in [1.82, 2.24) is 19.7 Å². The summed E-state index contributed by atoms with van der Waals surface area (Å²) in [6.07, 6.45) is 7.22. The maximum Gasteiger partial charge on any atom is 0.344 e. The number of hydrogen-bond acceptors (Lipinski definition) is 9. The number of esters is 1. The van der Waals surface area contributed by atoms with Gasteiger partial charge < -0.3 is 19.5 Å². The third-order valence-corrected chi connectivity index (χ3v) is 7.62. The Kier molecular flexibility index (Phi) is 7.90. The Balaban J connectivity index is 1.19. The Hall–Kier alpha value is -4.28. The third-order valence-electron chi connectivity index (χ3n) is 6.71. The van der Waals surface area contributed by atoms with Crippen LogP contribution in [0.15, 0.2) is 72.4 Å². The highest BCUT2D eigenvalue weighted by Crippen LogP contribution is 2.33. The molecule has 42 heavy (non-hydrogen) atoms. The van der Waals surface area contributed by atoms with Crippen molar-refractivity contribution in [2.75, 3.05) is 18.5 Å². The number of rotatable bonds is 8. The minimum Gasteiger partial charge on any atom is -0.482 e. The van der Waals surface area contributed by atoms with Crippen molar-refractivity contribution in [2.45, 2.75) is 51.9 Å².